The number of hydrogen-bond acceptors (Lipinski definition) is 3. The van der Waals surface area contributed by atoms with Crippen LogP contribution in [0.25, 0.3) is 0 Å². The van der Waals surface area contributed by atoms with E-state index in [0.717, 1.165) is 29.7 Å². The maximum atomic E-state index is 12.6. The van der Waals surface area contributed by atoms with Gasteiger partial charge < -0.3 is 26.2 Å². The molecule has 0 aliphatic carbocycles. The van der Waals surface area contributed by atoms with Crippen molar-refractivity contribution in [2.45, 2.75) is 33.6 Å². The number of amides is 5. The lowest BCUT2D eigenvalue weighted by Crippen LogP contribution is -2.46. The summed E-state index contributed by atoms with van der Waals surface area (Å²) in [5.41, 5.74) is 4.22. The van der Waals surface area contributed by atoms with E-state index in [1.807, 2.05) is 39.0 Å². The standard InChI is InChI=1S/C24H31N5O3/c1-4-25-22(30)18-6-5-13-29(15-18)24(32)28-20-11-9-19(10-12-20)26-23(31)27-21-8-7-16(2)17(3)14-21/h7-12,14,18H,4-6,13,15H2,1-3H3,(H,25,30)(H,28,32)(H2,26,27,31)/t18-/m0/s1. The summed E-state index contributed by atoms with van der Waals surface area (Å²) in [5, 5.41) is 11.3. The van der Waals surface area contributed by atoms with E-state index in [9.17, 15) is 14.4 Å². The molecule has 8 nitrogen and oxygen atoms in total. The fourth-order valence-corrected chi connectivity index (χ4v) is 3.65. The number of nitrogens with zero attached hydrogens (tertiary/aromatic N) is 1. The van der Waals surface area contributed by atoms with Crippen molar-refractivity contribution in [3.63, 3.8) is 0 Å². The van der Waals surface area contributed by atoms with Crippen molar-refractivity contribution in [1.82, 2.24) is 10.2 Å². The third-order valence-corrected chi connectivity index (χ3v) is 5.59. The zero-order valence-electron chi connectivity index (χ0n) is 18.8. The quantitative estimate of drug-likeness (QED) is 0.560. The molecule has 0 radical (unpaired) electrons. The van der Waals surface area contributed by atoms with E-state index in [-0.39, 0.29) is 23.9 Å². The molecule has 32 heavy (non-hydrogen) atoms. The van der Waals surface area contributed by atoms with Crippen LogP contribution in [0.2, 0.25) is 0 Å². The number of anilines is 3. The summed E-state index contributed by atoms with van der Waals surface area (Å²) in [6.07, 6.45) is 1.59. The zero-order chi connectivity index (χ0) is 23.1. The lowest BCUT2D eigenvalue weighted by molar-refractivity contribution is -0.126. The van der Waals surface area contributed by atoms with Crippen molar-refractivity contribution in [1.29, 1.82) is 0 Å². The molecule has 2 aromatic carbocycles. The first-order valence-electron chi connectivity index (χ1n) is 10.9. The van der Waals surface area contributed by atoms with E-state index < -0.39 is 0 Å². The van der Waals surface area contributed by atoms with Gasteiger partial charge in [0.2, 0.25) is 5.91 Å². The van der Waals surface area contributed by atoms with Gasteiger partial charge in [-0.2, -0.15) is 0 Å². The van der Waals surface area contributed by atoms with E-state index in [2.05, 4.69) is 21.3 Å². The van der Waals surface area contributed by atoms with Crippen LogP contribution in [0.15, 0.2) is 42.5 Å². The number of likely N-dealkylation sites (tertiary alicyclic amines) is 1. The number of hydrogen-bond donors (Lipinski definition) is 4. The van der Waals surface area contributed by atoms with Crippen LogP contribution in [-0.4, -0.2) is 42.5 Å². The largest absolute Gasteiger partial charge is 0.356 e. The number of rotatable bonds is 5. The van der Waals surface area contributed by atoms with Crippen LogP contribution in [0.3, 0.4) is 0 Å². The highest BCUT2D eigenvalue weighted by molar-refractivity contribution is 6.00. The Labute approximate surface area is 188 Å². The first kappa shape index (κ1) is 23.1. The predicted octanol–water partition coefficient (Wildman–Crippen LogP) is 4.33. The van der Waals surface area contributed by atoms with Crippen molar-refractivity contribution in [3.8, 4) is 0 Å². The lowest BCUT2D eigenvalue weighted by Gasteiger charge is -2.32. The van der Waals surface area contributed by atoms with Crippen LogP contribution < -0.4 is 21.3 Å². The van der Waals surface area contributed by atoms with Crippen LogP contribution in [0, 0.1) is 19.8 Å². The van der Waals surface area contributed by atoms with E-state index in [4.69, 9.17) is 0 Å². The van der Waals surface area contributed by atoms with Gasteiger partial charge in [0.25, 0.3) is 0 Å². The van der Waals surface area contributed by atoms with Crippen molar-refractivity contribution in [2.75, 3.05) is 35.6 Å². The molecule has 8 heteroatoms. The summed E-state index contributed by atoms with van der Waals surface area (Å²) in [6, 6.07) is 12.1. The molecule has 0 unspecified atom stereocenters. The predicted molar refractivity (Wildman–Crippen MR) is 127 cm³/mol. The monoisotopic (exact) mass is 437 g/mol. The van der Waals surface area contributed by atoms with E-state index in [1.165, 1.54) is 0 Å². The van der Waals surface area contributed by atoms with Crippen molar-refractivity contribution < 1.29 is 14.4 Å². The molecule has 2 aromatic rings. The normalized spacial score (nSPS) is 15.6. The lowest BCUT2D eigenvalue weighted by atomic mass is 9.97. The number of carbonyl (C=O) groups excluding carboxylic acids is 3. The van der Waals surface area contributed by atoms with Gasteiger partial charge in [-0.1, -0.05) is 6.07 Å². The van der Waals surface area contributed by atoms with Crippen molar-refractivity contribution >= 4 is 35.0 Å². The minimum atomic E-state index is -0.338. The van der Waals surface area contributed by atoms with Gasteiger partial charge in [-0.05, 0) is 81.1 Å². The fraction of sp³-hybridized carbons (Fsp3) is 0.375. The number of urea groups is 2. The summed E-state index contributed by atoms with van der Waals surface area (Å²) in [6.45, 7) is 7.53. The Balaban J connectivity index is 1.51. The maximum absolute atomic E-state index is 12.6. The molecular formula is C24H31N5O3. The Morgan fingerprint density at radius 1 is 0.906 bits per heavy atom. The molecular weight excluding hydrogens is 406 g/mol. The van der Waals surface area contributed by atoms with Gasteiger partial charge in [0.1, 0.15) is 0 Å². The third-order valence-electron chi connectivity index (χ3n) is 5.59. The molecule has 3 rings (SSSR count). The smallest absolute Gasteiger partial charge is 0.323 e. The second-order valence-electron chi connectivity index (χ2n) is 8.07. The highest BCUT2D eigenvalue weighted by atomic mass is 16.2. The third kappa shape index (κ3) is 6.23. The molecule has 0 spiro atoms. The number of aryl methyl sites for hydroxylation is 2. The molecule has 1 aliphatic heterocycles. The van der Waals surface area contributed by atoms with Gasteiger partial charge in [-0.3, -0.25) is 4.79 Å². The van der Waals surface area contributed by atoms with Gasteiger partial charge in [0, 0.05) is 36.7 Å². The molecule has 0 saturated carbocycles. The molecule has 0 aromatic heterocycles. The maximum Gasteiger partial charge on any atom is 0.323 e. The second-order valence-corrected chi connectivity index (χ2v) is 8.07. The summed E-state index contributed by atoms with van der Waals surface area (Å²) >= 11 is 0. The minimum Gasteiger partial charge on any atom is -0.356 e. The van der Waals surface area contributed by atoms with E-state index >= 15 is 0 Å². The van der Waals surface area contributed by atoms with Gasteiger partial charge in [-0.15, -0.1) is 0 Å². The van der Waals surface area contributed by atoms with E-state index in [1.54, 1.807) is 29.2 Å². The molecule has 1 fully saturated rings. The molecule has 5 amide bonds. The summed E-state index contributed by atoms with van der Waals surface area (Å²) < 4.78 is 0. The summed E-state index contributed by atoms with van der Waals surface area (Å²) in [5.74, 6) is -0.170. The highest BCUT2D eigenvalue weighted by Gasteiger charge is 2.28. The Morgan fingerprint density at radius 3 is 2.19 bits per heavy atom. The first-order chi connectivity index (χ1) is 15.4. The molecule has 0 bridgehead atoms. The van der Waals surface area contributed by atoms with Crippen LogP contribution in [0.1, 0.15) is 30.9 Å². The Morgan fingerprint density at radius 2 is 1.53 bits per heavy atom. The van der Waals surface area contributed by atoms with E-state index in [0.29, 0.717) is 31.0 Å². The zero-order valence-corrected chi connectivity index (χ0v) is 18.8. The van der Waals surface area contributed by atoms with Gasteiger partial charge in [0.15, 0.2) is 0 Å². The van der Waals surface area contributed by atoms with Crippen LogP contribution >= 0.6 is 0 Å². The molecule has 1 atom stereocenters. The number of piperidine rings is 1. The van der Waals surface area contributed by atoms with Gasteiger partial charge in [-0.25, -0.2) is 9.59 Å². The molecule has 170 valence electrons. The average molecular weight is 438 g/mol. The Bertz CT molecular complexity index is 974. The molecule has 1 heterocycles. The van der Waals surface area contributed by atoms with Gasteiger partial charge in [0.05, 0.1) is 5.92 Å². The van der Waals surface area contributed by atoms with Crippen molar-refractivity contribution in [2.24, 2.45) is 5.92 Å². The molecule has 1 aliphatic rings. The number of benzene rings is 2. The highest BCUT2D eigenvalue weighted by Crippen LogP contribution is 2.20. The number of nitrogens with one attached hydrogen (secondary N) is 4. The van der Waals surface area contributed by atoms with Gasteiger partial charge >= 0.3 is 12.1 Å². The molecule has 4 N–H and O–H groups in total. The Hall–Kier alpha value is -3.55. The van der Waals surface area contributed by atoms with Crippen LogP contribution in [0.4, 0.5) is 26.7 Å². The average Bonchev–Trinajstić information content (AvgIpc) is 2.78. The van der Waals surface area contributed by atoms with Crippen LogP contribution in [0.5, 0.6) is 0 Å². The summed E-state index contributed by atoms with van der Waals surface area (Å²) in [4.78, 5) is 38.6. The van der Waals surface area contributed by atoms with Crippen molar-refractivity contribution in [3.05, 3.63) is 53.6 Å². The van der Waals surface area contributed by atoms with Crippen LogP contribution in [-0.2, 0) is 4.79 Å². The molecule has 1 saturated heterocycles. The SMILES string of the molecule is CCNC(=O)[C@H]1CCCN(C(=O)Nc2ccc(NC(=O)Nc3ccc(C)c(C)c3)cc2)C1. The minimum absolute atomic E-state index is 0.000461. The fourth-order valence-electron chi connectivity index (χ4n) is 3.65. The second kappa shape index (κ2) is 10.7. The number of carbonyl (C=O) groups is 3. The first-order valence-corrected chi connectivity index (χ1v) is 10.9. The Kier molecular flexibility index (Phi) is 7.70. The topological polar surface area (TPSA) is 103 Å². The summed E-state index contributed by atoms with van der Waals surface area (Å²) in [7, 11) is 0.